The summed E-state index contributed by atoms with van der Waals surface area (Å²) in [4.78, 5) is 12.8. The fraction of sp³-hybridized carbons (Fsp3) is 0.0333. The summed E-state index contributed by atoms with van der Waals surface area (Å²) in [7, 11) is -8.16. The van der Waals surface area contributed by atoms with Crippen LogP contribution >= 0.6 is 0 Å². The summed E-state index contributed by atoms with van der Waals surface area (Å²) in [5, 5.41) is 1.09. The Morgan fingerprint density at radius 3 is 1.87 bits per heavy atom. The molecule has 6 rings (SSSR count). The SMILES string of the molecule is Cc1ccc2c(c1)c(-c1c(C=O)n(S(=O)(=O)c3ccccc3)c3ccccc13)cn2S(=O)(=O)c1ccccc1. The van der Waals surface area contributed by atoms with E-state index in [1.807, 2.05) is 19.1 Å². The molecule has 0 aliphatic heterocycles. The molecule has 6 aromatic rings. The van der Waals surface area contributed by atoms with Gasteiger partial charge in [0, 0.05) is 28.1 Å². The smallest absolute Gasteiger partial charge is 0.268 e. The van der Waals surface area contributed by atoms with Gasteiger partial charge in [0.05, 0.1) is 20.8 Å². The number of carbonyl (C=O) groups excluding carboxylic acids is 1. The molecule has 194 valence electrons. The molecule has 4 aromatic carbocycles. The minimum Gasteiger partial charge on any atom is -0.296 e. The van der Waals surface area contributed by atoms with Crippen LogP contribution in [-0.4, -0.2) is 31.1 Å². The molecule has 39 heavy (non-hydrogen) atoms. The lowest BCUT2D eigenvalue weighted by molar-refractivity contribution is 0.111. The fourth-order valence-electron chi connectivity index (χ4n) is 5.00. The summed E-state index contributed by atoms with van der Waals surface area (Å²) in [5.74, 6) is 0. The van der Waals surface area contributed by atoms with Gasteiger partial charge in [0.25, 0.3) is 20.0 Å². The molecule has 7 nitrogen and oxygen atoms in total. The zero-order valence-corrected chi connectivity index (χ0v) is 22.4. The van der Waals surface area contributed by atoms with Crippen molar-refractivity contribution in [3.05, 3.63) is 121 Å². The normalized spacial score (nSPS) is 12.2. The molecular formula is C30H22N2O5S2. The minimum absolute atomic E-state index is 0.0327. The van der Waals surface area contributed by atoms with Crippen LogP contribution in [0.25, 0.3) is 32.9 Å². The van der Waals surface area contributed by atoms with Crippen LogP contribution in [0.15, 0.2) is 119 Å². The van der Waals surface area contributed by atoms with Crippen molar-refractivity contribution in [2.45, 2.75) is 16.7 Å². The largest absolute Gasteiger partial charge is 0.296 e. The lowest BCUT2D eigenvalue weighted by atomic mass is 10.0. The van der Waals surface area contributed by atoms with Crippen LogP contribution in [0.4, 0.5) is 0 Å². The first-order chi connectivity index (χ1) is 18.7. The first-order valence-electron chi connectivity index (χ1n) is 12.1. The molecule has 2 heterocycles. The van der Waals surface area contributed by atoms with E-state index in [9.17, 15) is 21.6 Å². The van der Waals surface area contributed by atoms with Crippen LogP contribution < -0.4 is 0 Å². The Morgan fingerprint density at radius 1 is 0.641 bits per heavy atom. The van der Waals surface area contributed by atoms with Crippen LogP contribution in [0.5, 0.6) is 0 Å². The van der Waals surface area contributed by atoms with Gasteiger partial charge in [0.2, 0.25) is 0 Å². The van der Waals surface area contributed by atoms with E-state index in [1.165, 1.54) is 34.4 Å². The minimum atomic E-state index is -4.16. The number of para-hydroxylation sites is 1. The second kappa shape index (κ2) is 9.07. The highest BCUT2D eigenvalue weighted by Gasteiger charge is 2.30. The molecule has 0 aliphatic rings. The van der Waals surface area contributed by atoms with Gasteiger partial charge < -0.3 is 0 Å². The lowest BCUT2D eigenvalue weighted by Crippen LogP contribution is -2.15. The predicted molar refractivity (Wildman–Crippen MR) is 151 cm³/mol. The molecule has 0 saturated carbocycles. The van der Waals surface area contributed by atoms with Crippen LogP contribution in [0.2, 0.25) is 0 Å². The summed E-state index contributed by atoms with van der Waals surface area (Å²) < 4.78 is 57.4. The molecule has 0 radical (unpaired) electrons. The number of aryl methyl sites for hydroxylation is 1. The van der Waals surface area contributed by atoms with Crippen molar-refractivity contribution in [2.75, 3.05) is 0 Å². The Hall–Kier alpha value is -4.47. The van der Waals surface area contributed by atoms with Gasteiger partial charge >= 0.3 is 0 Å². The quantitative estimate of drug-likeness (QED) is 0.241. The summed E-state index contributed by atoms with van der Waals surface area (Å²) in [6.07, 6.45) is 1.99. The standard InChI is InChI=1S/C30H22N2O5S2/c1-21-16-17-27-25(18-21)26(19-31(27)38(34,35)22-10-4-2-5-11-22)30-24-14-8-9-15-28(24)32(29(30)20-33)39(36,37)23-12-6-3-7-13-23/h2-20H,1H3. The van der Waals surface area contributed by atoms with Crippen molar-refractivity contribution in [1.29, 1.82) is 0 Å². The van der Waals surface area contributed by atoms with Crippen molar-refractivity contribution in [2.24, 2.45) is 0 Å². The van der Waals surface area contributed by atoms with Gasteiger partial charge in [-0.25, -0.2) is 24.8 Å². The number of rotatable bonds is 6. The summed E-state index contributed by atoms with van der Waals surface area (Å²) in [6.45, 7) is 1.88. The highest BCUT2D eigenvalue weighted by atomic mass is 32.2. The molecule has 0 fully saturated rings. The maximum atomic E-state index is 13.8. The Labute approximate surface area is 225 Å². The van der Waals surface area contributed by atoms with E-state index in [-0.39, 0.29) is 15.5 Å². The molecule has 0 spiro atoms. The number of nitrogens with zero attached hydrogens (tertiary/aromatic N) is 2. The fourth-order valence-corrected chi connectivity index (χ4v) is 7.91. The number of carbonyl (C=O) groups is 1. The third-order valence-corrected chi connectivity index (χ3v) is 10.2. The van der Waals surface area contributed by atoms with E-state index in [0.717, 1.165) is 9.54 Å². The second-order valence-corrected chi connectivity index (χ2v) is 12.8. The van der Waals surface area contributed by atoms with Crippen molar-refractivity contribution in [3.8, 4) is 11.1 Å². The van der Waals surface area contributed by atoms with Crippen molar-refractivity contribution < 1.29 is 21.6 Å². The third-order valence-electron chi connectivity index (χ3n) is 6.76. The van der Waals surface area contributed by atoms with E-state index >= 15 is 0 Å². The summed E-state index contributed by atoms with van der Waals surface area (Å²) >= 11 is 0. The Kier molecular flexibility index (Phi) is 5.78. The monoisotopic (exact) mass is 554 g/mol. The van der Waals surface area contributed by atoms with Gasteiger partial charge in [-0.2, -0.15) is 0 Å². The van der Waals surface area contributed by atoms with Gasteiger partial charge in [0.1, 0.15) is 5.69 Å². The molecule has 0 aliphatic carbocycles. The third kappa shape index (κ3) is 3.81. The van der Waals surface area contributed by atoms with E-state index in [1.54, 1.807) is 66.7 Å². The average molecular weight is 555 g/mol. The molecule has 2 aromatic heterocycles. The number of aromatic nitrogens is 2. The lowest BCUT2D eigenvalue weighted by Gasteiger charge is -2.09. The van der Waals surface area contributed by atoms with E-state index in [2.05, 4.69) is 0 Å². The molecule has 0 saturated heterocycles. The number of hydrogen-bond donors (Lipinski definition) is 0. The summed E-state index contributed by atoms with van der Waals surface area (Å²) in [6, 6.07) is 28.2. The van der Waals surface area contributed by atoms with Crippen molar-refractivity contribution in [1.82, 2.24) is 7.94 Å². The topological polar surface area (TPSA) is 95.2 Å². The summed E-state index contributed by atoms with van der Waals surface area (Å²) in [5.41, 5.74) is 2.31. The first-order valence-corrected chi connectivity index (χ1v) is 14.9. The molecular weight excluding hydrogens is 532 g/mol. The maximum Gasteiger partial charge on any atom is 0.268 e. The van der Waals surface area contributed by atoms with Gasteiger partial charge in [-0.15, -0.1) is 0 Å². The van der Waals surface area contributed by atoms with Crippen LogP contribution in [0.3, 0.4) is 0 Å². The van der Waals surface area contributed by atoms with Crippen molar-refractivity contribution in [3.63, 3.8) is 0 Å². The zero-order valence-electron chi connectivity index (χ0n) is 20.7. The predicted octanol–water partition coefficient (Wildman–Crippen LogP) is 5.86. The number of aldehydes is 1. The molecule has 9 heteroatoms. The van der Waals surface area contributed by atoms with Gasteiger partial charge in [-0.1, -0.05) is 66.2 Å². The molecule has 0 amide bonds. The highest BCUT2D eigenvalue weighted by Crippen LogP contribution is 2.41. The first kappa shape index (κ1) is 24.8. The second-order valence-electron chi connectivity index (χ2n) is 9.16. The number of benzene rings is 4. The molecule has 0 unspecified atom stereocenters. The number of fused-ring (bicyclic) bond motifs is 2. The van der Waals surface area contributed by atoms with E-state index in [4.69, 9.17) is 0 Å². The average Bonchev–Trinajstić information content (AvgIpc) is 3.50. The van der Waals surface area contributed by atoms with Gasteiger partial charge in [-0.3, -0.25) is 4.79 Å². The van der Waals surface area contributed by atoms with E-state index in [0.29, 0.717) is 39.2 Å². The maximum absolute atomic E-state index is 13.8. The number of hydrogen-bond acceptors (Lipinski definition) is 5. The van der Waals surface area contributed by atoms with Gasteiger partial charge in [-0.05, 0) is 49.4 Å². The highest BCUT2D eigenvalue weighted by molar-refractivity contribution is 7.90. The molecule has 0 N–H and O–H groups in total. The van der Waals surface area contributed by atoms with Crippen LogP contribution in [-0.2, 0) is 20.0 Å². The Bertz CT molecular complexity index is 2110. The Balaban J connectivity index is 1.73. The van der Waals surface area contributed by atoms with Gasteiger partial charge in [0.15, 0.2) is 6.29 Å². The molecule has 0 atom stereocenters. The van der Waals surface area contributed by atoms with Crippen LogP contribution in [0, 0.1) is 6.92 Å². The zero-order chi connectivity index (χ0) is 27.4. The van der Waals surface area contributed by atoms with Crippen LogP contribution in [0.1, 0.15) is 16.1 Å². The molecule has 0 bridgehead atoms. The Morgan fingerprint density at radius 2 is 1.23 bits per heavy atom. The van der Waals surface area contributed by atoms with E-state index < -0.39 is 20.0 Å². The van der Waals surface area contributed by atoms with Crippen molar-refractivity contribution >= 4 is 48.1 Å².